The Morgan fingerprint density at radius 3 is 2.18 bits per heavy atom. The van der Waals surface area contributed by atoms with E-state index < -0.39 is 12.4 Å². The van der Waals surface area contributed by atoms with E-state index in [1.54, 1.807) is 19.1 Å². The average molecular weight is 309 g/mol. The normalized spacial score (nSPS) is 12.0. The molecule has 0 radical (unpaired) electrons. The molecular formula is C16H14F3NO2. The third-order valence-electron chi connectivity index (χ3n) is 3.06. The van der Waals surface area contributed by atoms with E-state index in [1.165, 1.54) is 36.4 Å². The standard InChI is InChI=1S/C16H14F3NO2/c1-10(11-4-8-14(9-5-11)22-16(18)19)20-15(21)12-2-6-13(17)7-3-12/h2-10,16H,1H3,(H,20,21). The van der Waals surface area contributed by atoms with Crippen LogP contribution in [0.4, 0.5) is 13.2 Å². The molecule has 0 saturated heterocycles. The van der Waals surface area contributed by atoms with Crippen LogP contribution in [0.15, 0.2) is 48.5 Å². The monoisotopic (exact) mass is 309 g/mol. The summed E-state index contributed by atoms with van der Waals surface area (Å²) in [7, 11) is 0. The van der Waals surface area contributed by atoms with E-state index >= 15 is 0 Å². The minimum absolute atomic E-state index is 0.0517. The molecule has 1 atom stereocenters. The third kappa shape index (κ3) is 4.25. The van der Waals surface area contributed by atoms with Crippen molar-refractivity contribution in [3.63, 3.8) is 0 Å². The van der Waals surface area contributed by atoms with Crippen molar-refractivity contribution in [3.05, 3.63) is 65.5 Å². The van der Waals surface area contributed by atoms with Gasteiger partial charge < -0.3 is 10.1 Å². The van der Waals surface area contributed by atoms with Gasteiger partial charge in [-0.05, 0) is 48.9 Å². The lowest BCUT2D eigenvalue weighted by Crippen LogP contribution is -2.26. The summed E-state index contributed by atoms with van der Waals surface area (Å²) < 4.78 is 41.2. The van der Waals surface area contributed by atoms with Gasteiger partial charge in [0, 0.05) is 5.56 Å². The van der Waals surface area contributed by atoms with E-state index in [4.69, 9.17) is 0 Å². The van der Waals surface area contributed by atoms with E-state index in [1.807, 2.05) is 0 Å². The van der Waals surface area contributed by atoms with Crippen molar-refractivity contribution in [2.45, 2.75) is 19.6 Å². The summed E-state index contributed by atoms with van der Waals surface area (Å²) in [6.45, 7) is -1.12. The number of hydrogen-bond acceptors (Lipinski definition) is 2. The second-order valence-corrected chi connectivity index (χ2v) is 4.65. The van der Waals surface area contributed by atoms with Gasteiger partial charge in [-0.3, -0.25) is 4.79 Å². The molecule has 0 saturated carbocycles. The second-order valence-electron chi connectivity index (χ2n) is 4.65. The van der Waals surface area contributed by atoms with Gasteiger partial charge in [0.2, 0.25) is 0 Å². The van der Waals surface area contributed by atoms with E-state index in [9.17, 15) is 18.0 Å². The SMILES string of the molecule is CC(NC(=O)c1ccc(F)cc1)c1ccc(OC(F)F)cc1. The van der Waals surface area contributed by atoms with Gasteiger partial charge in [-0.1, -0.05) is 12.1 Å². The van der Waals surface area contributed by atoms with Gasteiger partial charge in [-0.15, -0.1) is 0 Å². The fourth-order valence-corrected chi connectivity index (χ4v) is 1.90. The Morgan fingerprint density at radius 1 is 1.05 bits per heavy atom. The van der Waals surface area contributed by atoms with E-state index in [2.05, 4.69) is 10.1 Å². The number of benzene rings is 2. The fraction of sp³-hybridized carbons (Fsp3) is 0.188. The zero-order chi connectivity index (χ0) is 16.1. The first-order chi connectivity index (χ1) is 10.5. The summed E-state index contributed by atoms with van der Waals surface area (Å²) in [4.78, 5) is 12.0. The molecule has 0 spiro atoms. The number of alkyl halides is 2. The molecule has 0 heterocycles. The lowest BCUT2D eigenvalue weighted by atomic mass is 10.1. The molecule has 22 heavy (non-hydrogen) atoms. The van der Waals surface area contributed by atoms with Crippen LogP contribution in [-0.4, -0.2) is 12.5 Å². The molecule has 116 valence electrons. The number of amides is 1. The molecule has 1 unspecified atom stereocenters. The van der Waals surface area contributed by atoms with Crippen LogP contribution in [0.25, 0.3) is 0 Å². The van der Waals surface area contributed by atoms with Crippen LogP contribution in [0, 0.1) is 5.82 Å². The highest BCUT2D eigenvalue weighted by atomic mass is 19.3. The maximum Gasteiger partial charge on any atom is 0.387 e. The number of nitrogens with one attached hydrogen (secondary N) is 1. The lowest BCUT2D eigenvalue weighted by molar-refractivity contribution is -0.0498. The van der Waals surface area contributed by atoms with Crippen molar-refractivity contribution in [3.8, 4) is 5.75 Å². The number of halogens is 3. The lowest BCUT2D eigenvalue weighted by Gasteiger charge is -2.15. The molecule has 2 aromatic carbocycles. The minimum Gasteiger partial charge on any atom is -0.435 e. The highest BCUT2D eigenvalue weighted by molar-refractivity contribution is 5.94. The molecule has 0 aliphatic rings. The van der Waals surface area contributed by atoms with Gasteiger partial charge in [0.05, 0.1) is 6.04 Å². The number of carbonyl (C=O) groups excluding carboxylic acids is 1. The first-order valence-electron chi connectivity index (χ1n) is 6.57. The zero-order valence-corrected chi connectivity index (χ0v) is 11.7. The van der Waals surface area contributed by atoms with E-state index in [0.29, 0.717) is 5.56 Å². The molecule has 0 aromatic heterocycles. The van der Waals surface area contributed by atoms with Crippen LogP contribution in [0.3, 0.4) is 0 Å². The Morgan fingerprint density at radius 2 is 1.64 bits per heavy atom. The summed E-state index contributed by atoms with van der Waals surface area (Å²) in [5.41, 5.74) is 1.07. The van der Waals surface area contributed by atoms with Gasteiger partial charge >= 0.3 is 6.61 Å². The molecule has 1 amide bonds. The highest BCUT2D eigenvalue weighted by Crippen LogP contribution is 2.19. The molecule has 0 aliphatic heterocycles. The fourth-order valence-electron chi connectivity index (χ4n) is 1.90. The molecule has 3 nitrogen and oxygen atoms in total. The van der Waals surface area contributed by atoms with Crippen molar-refractivity contribution in [1.82, 2.24) is 5.32 Å². The number of carbonyl (C=O) groups is 1. The summed E-state index contributed by atoms with van der Waals surface area (Å²) in [6.07, 6.45) is 0. The number of rotatable bonds is 5. The summed E-state index contributed by atoms with van der Waals surface area (Å²) in [5.74, 6) is -0.713. The Bertz CT molecular complexity index is 627. The predicted octanol–water partition coefficient (Wildman–Crippen LogP) is 3.92. The first kappa shape index (κ1) is 15.9. The summed E-state index contributed by atoms with van der Waals surface area (Å²) >= 11 is 0. The molecule has 2 aromatic rings. The molecule has 0 bridgehead atoms. The maximum atomic E-state index is 12.8. The van der Waals surface area contributed by atoms with Crippen molar-refractivity contribution in [2.75, 3.05) is 0 Å². The largest absolute Gasteiger partial charge is 0.435 e. The van der Waals surface area contributed by atoms with Gasteiger partial charge in [0.25, 0.3) is 5.91 Å². The Kier molecular flexibility index (Phi) is 5.04. The van der Waals surface area contributed by atoms with Crippen LogP contribution in [-0.2, 0) is 0 Å². The van der Waals surface area contributed by atoms with Crippen LogP contribution >= 0.6 is 0 Å². The van der Waals surface area contributed by atoms with Crippen molar-refractivity contribution < 1.29 is 22.7 Å². The van der Waals surface area contributed by atoms with E-state index in [0.717, 1.165) is 5.56 Å². The molecular weight excluding hydrogens is 295 g/mol. The van der Waals surface area contributed by atoms with Gasteiger partial charge in [-0.2, -0.15) is 8.78 Å². The van der Waals surface area contributed by atoms with Crippen LogP contribution in [0.1, 0.15) is 28.9 Å². The average Bonchev–Trinajstić information content (AvgIpc) is 2.48. The first-order valence-corrected chi connectivity index (χ1v) is 6.57. The smallest absolute Gasteiger partial charge is 0.387 e. The van der Waals surface area contributed by atoms with Gasteiger partial charge in [-0.25, -0.2) is 4.39 Å². The topological polar surface area (TPSA) is 38.3 Å². The number of hydrogen-bond donors (Lipinski definition) is 1. The Balaban J connectivity index is 2.00. The molecule has 2 rings (SSSR count). The molecule has 1 N–H and O–H groups in total. The van der Waals surface area contributed by atoms with Crippen LogP contribution in [0.2, 0.25) is 0 Å². The Labute approximate surface area is 125 Å². The Hall–Kier alpha value is -2.50. The quantitative estimate of drug-likeness (QED) is 0.909. The number of ether oxygens (including phenoxy) is 1. The highest BCUT2D eigenvalue weighted by Gasteiger charge is 2.12. The maximum absolute atomic E-state index is 12.8. The van der Waals surface area contributed by atoms with Crippen LogP contribution in [0.5, 0.6) is 5.75 Å². The molecule has 0 fully saturated rings. The zero-order valence-electron chi connectivity index (χ0n) is 11.7. The second kappa shape index (κ2) is 6.98. The van der Waals surface area contributed by atoms with E-state index in [-0.39, 0.29) is 17.7 Å². The minimum atomic E-state index is -2.87. The van der Waals surface area contributed by atoms with Crippen molar-refractivity contribution in [2.24, 2.45) is 0 Å². The van der Waals surface area contributed by atoms with Gasteiger partial charge in [0.15, 0.2) is 0 Å². The van der Waals surface area contributed by atoms with Gasteiger partial charge in [0.1, 0.15) is 11.6 Å². The van der Waals surface area contributed by atoms with Crippen LogP contribution < -0.4 is 10.1 Å². The summed E-state index contributed by atoms with van der Waals surface area (Å²) in [5, 5.41) is 2.74. The van der Waals surface area contributed by atoms with Crippen molar-refractivity contribution >= 4 is 5.91 Å². The summed E-state index contributed by atoms with van der Waals surface area (Å²) in [6, 6.07) is 10.8. The third-order valence-corrected chi connectivity index (χ3v) is 3.06. The molecule has 0 aliphatic carbocycles. The molecule has 6 heteroatoms. The van der Waals surface area contributed by atoms with Crippen molar-refractivity contribution in [1.29, 1.82) is 0 Å². The predicted molar refractivity (Wildman–Crippen MR) is 75.4 cm³/mol.